The van der Waals surface area contributed by atoms with Gasteiger partial charge >= 0.3 is 6.09 Å². The molecule has 0 saturated carbocycles. The molecule has 1 fully saturated rings. The monoisotopic (exact) mass is 678 g/mol. The molecule has 0 aliphatic carbocycles. The van der Waals surface area contributed by atoms with Crippen molar-refractivity contribution in [2.75, 3.05) is 36.8 Å². The molecule has 2 N–H and O–H groups in total. The third-order valence-corrected chi connectivity index (χ3v) is 8.56. The van der Waals surface area contributed by atoms with Crippen LogP contribution in [0.2, 0.25) is 0 Å². The van der Waals surface area contributed by atoms with E-state index in [4.69, 9.17) is 4.74 Å². The first-order chi connectivity index (χ1) is 23.5. The van der Waals surface area contributed by atoms with Gasteiger partial charge in [-0.1, -0.05) is 45.0 Å². The summed E-state index contributed by atoms with van der Waals surface area (Å²) >= 11 is 0. The number of aryl methyl sites for hydroxylation is 1. The maximum atomic E-state index is 13.2. The molecule has 1 saturated heterocycles. The average molecular weight is 679 g/mol. The molecule has 0 bridgehead atoms. The Labute approximate surface area is 293 Å². The highest BCUT2D eigenvalue weighted by atomic mass is 16.6. The van der Waals surface area contributed by atoms with Gasteiger partial charge in [0.25, 0.3) is 17.4 Å². The van der Waals surface area contributed by atoms with E-state index in [1.807, 2.05) is 70.2 Å². The number of ether oxygens (including phenoxy) is 1. The molecular weight excluding hydrogens is 632 g/mol. The summed E-state index contributed by atoms with van der Waals surface area (Å²) in [6, 6.07) is 20.1. The number of anilines is 3. The standard InChI is InChI=1S/C39H46N6O5/c1-25-30(10-9-11-31(25)42-34(46)26-12-16-28(17-13-26)38(2,3)4)32-24-43(8)36(48)33(41-32)40-29-18-14-27(15-19-29)35(47)44-20-22-45(23-21-44)37(49)50-39(5,6)7/h9-19,24H,20-23H2,1-8H3,(H,40,41)(H,42,46). The molecule has 50 heavy (non-hydrogen) atoms. The molecule has 1 aliphatic heterocycles. The Bertz CT molecular complexity index is 1950. The molecule has 1 aromatic heterocycles. The van der Waals surface area contributed by atoms with Gasteiger partial charge in [-0.3, -0.25) is 14.4 Å². The predicted molar refractivity (Wildman–Crippen MR) is 196 cm³/mol. The molecule has 11 nitrogen and oxygen atoms in total. The van der Waals surface area contributed by atoms with Crippen molar-refractivity contribution in [2.45, 2.75) is 59.5 Å². The lowest BCUT2D eigenvalue weighted by molar-refractivity contribution is 0.0141. The normalized spacial score (nSPS) is 13.5. The van der Waals surface area contributed by atoms with Gasteiger partial charge in [0, 0.05) is 67.5 Å². The van der Waals surface area contributed by atoms with Gasteiger partial charge in [0.1, 0.15) is 5.60 Å². The van der Waals surface area contributed by atoms with Gasteiger partial charge in [-0.25, -0.2) is 9.78 Å². The van der Waals surface area contributed by atoms with Crippen LogP contribution in [0, 0.1) is 6.92 Å². The molecule has 2 heterocycles. The molecule has 262 valence electrons. The number of nitrogens with one attached hydrogen (secondary N) is 2. The van der Waals surface area contributed by atoms with E-state index < -0.39 is 5.60 Å². The van der Waals surface area contributed by atoms with E-state index in [0.717, 1.165) is 16.7 Å². The van der Waals surface area contributed by atoms with E-state index in [-0.39, 0.29) is 34.7 Å². The molecule has 0 radical (unpaired) electrons. The second-order valence-electron chi connectivity index (χ2n) is 14.6. The van der Waals surface area contributed by atoms with Crippen molar-refractivity contribution in [3.05, 3.63) is 106 Å². The second kappa shape index (κ2) is 14.2. The third kappa shape index (κ3) is 8.39. The van der Waals surface area contributed by atoms with Crippen LogP contribution in [-0.2, 0) is 17.2 Å². The Hall–Kier alpha value is -5.45. The lowest BCUT2D eigenvalue weighted by Gasteiger charge is -2.35. The third-order valence-electron chi connectivity index (χ3n) is 8.56. The van der Waals surface area contributed by atoms with Crippen LogP contribution in [0.3, 0.4) is 0 Å². The van der Waals surface area contributed by atoms with Crippen molar-refractivity contribution in [3.63, 3.8) is 0 Å². The second-order valence-corrected chi connectivity index (χ2v) is 14.6. The Balaban J connectivity index is 1.27. The zero-order valence-corrected chi connectivity index (χ0v) is 30.1. The number of amides is 3. The lowest BCUT2D eigenvalue weighted by atomic mass is 9.86. The van der Waals surface area contributed by atoms with E-state index in [0.29, 0.717) is 54.4 Å². The van der Waals surface area contributed by atoms with Gasteiger partial charge in [0.15, 0.2) is 5.82 Å². The Morgan fingerprint density at radius 2 is 1.40 bits per heavy atom. The number of hydrogen-bond donors (Lipinski definition) is 2. The molecule has 1 aliphatic rings. The van der Waals surface area contributed by atoms with Gasteiger partial charge in [0.05, 0.1) is 5.69 Å². The summed E-state index contributed by atoms with van der Waals surface area (Å²) in [6.45, 7) is 15.4. The maximum Gasteiger partial charge on any atom is 0.410 e. The molecule has 3 aromatic carbocycles. The number of nitrogens with zero attached hydrogens (tertiary/aromatic N) is 4. The highest BCUT2D eigenvalue weighted by Gasteiger charge is 2.28. The zero-order valence-electron chi connectivity index (χ0n) is 30.1. The largest absolute Gasteiger partial charge is 0.444 e. The Kier molecular flexibility index (Phi) is 10.2. The zero-order chi connectivity index (χ0) is 36.4. The SMILES string of the molecule is Cc1c(NC(=O)c2ccc(C(C)(C)C)cc2)cccc1-c1cn(C)c(=O)c(Nc2ccc(C(=O)N3CCN(C(=O)OC(C)(C)C)CC3)cc2)n1. The van der Waals surface area contributed by atoms with E-state index in [1.165, 1.54) is 4.57 Å². The van der Waals surface area contributed by atoms with Crippen molar-refractivity contribution in [2.24, 2.45) is 7.05 Å². The highest BCUT2D eigenvalue weighted by Crippen LogP contribution is 2.29. The summed E-state index contributed by atoms with van der Waals surface area (Å²) in [5.41, 5.74) is 4.64. The van der Waals surface area contributed by atoms with Crippen LogP contribution in [0.5, 0.6) is 0 Å². The van der Waals surface area contributed by atoms with Gasteiger partial charge in [-0.2, -0.15) is 0 Å². The molecule has 0 unspecified atom stereocenters. The first-order valence-electron chi connectivity index (χ1n) is 16.7. The van der Waals surface area contributed by atoms with Crippen LogP contribution < -0.4 is 16.2 Å². The van der Waals surface area contributed by atoms with E-state index in [9.17, 15) is 19.2 Å². The summed E-state index contributed by atoms with van der Waals surface area (Å²) < 4.78 is 6.91. The molecule has 4 aromatic rings. The summed E-state index contributed by atoms with van der Waals surface area (Å²) in [7, 11) is 1.66. The summed E-state index contributed by atoms with van der Waals surface area (Å²) in [6.07, 6.45) is 1.29. The predicted octanol–water partition coefficient (Wildman–Crippen LogP) is 6.74. The molecule has 5 rings (SSSR count). The molecule has 0 atom stereocenters. The van der Waals surface area contributed by atoms with Crippen LogP contribution in [-0.4, -0.2) is 69.0 Å². The summed E-state index contributed by atoms with van der Waals surface area (Å²) in [4.78, 5) is 59.9. The topological polar surface area (TPSA) is 126 Å². The van der Waals surface area contributed by atoms with Crippen LogP contribution in [0.25, 0.3) is 11.3 Å². The fraction of sp³-hybridized carbons (Fsp3) is 0.359. The minimum Gasteiger partial charge on any atom is -0.444 e. The summed E-state index contributed by atoms with van der Waals surface area (Å²) in [5, 5.41) is 6.13. The first kappa shape index (κ1) is 35.8. The van der Waals surface area contributed by atoms with Gasteiger partial charge in [0.2, 0.25) is 0 Å². The minimum atomic E-state index is -0.579. The number of aromatic nitrogens is 2. The fourth-order valence-electron chi connectivity index (χ4n) is 5.62. The minimum absolute atomic E-state index is 0.0118. The van der Waals surface area contributed by atoms with E-state index in [2.05, 4.69) is 36.4 Å². The molecule has 11 heteroatoms. The number of carbonyl (C=O) groups excluding carboxylic acids is 3. The first-order valence-corrected chi connectivity index (χ1v) is 16.7. The van der Waals surface area contributed by atoms with Crippen molar-refractivity contribution in [1.82, 2.24) is 19.4 Å². The molecule has 3 amide bonds. The summed E-state index contributed by atoms with van der Waals surface area (Å²) in [5.74, 6) is -0.234. The maximum absolute atomic E-state index is 13.2. The Morgan fingerprint density at radius 1 is 0.800 bits per heavy atom. The van der Waals surface area contributed by atoms with E-state index >= 15 is 0 Å². The van der Waals surface area contributed by atoms with Crippen molar-refractivity contribution in [1.29, 1.82) is 0 Å². The van der Waals surface area contributed by atoms with Crippen LogP contribution in [0.1, 0.15) is 73.4 Å². The number of hydrogen-bond acceptors (Lipinski definition) is 7. The number of rotatable bonds is 6. The molecular formula is C39H46N6O5. The number of carbonyl (C=O) groups is 3. The van der Waals surface area contributed by atoms with Crippen LogP contribution in [0.15, 0.2) is 77.7 Å². The highest BCUT2D eigenvalue weighted by molar-refractivity contribution is 6.05. The quantitative estimate of drug-likeness (QED) is 0.231. The van der Waals surface area contributed by atoms with Crippen molar-refractivity contribution < 1.29 is 19.1 Å². The van der Waals surface area contributed by atoms with Gasteiger partial charge < -0.3 is 29.7 Å². The fourth-order valence-corrected chi connectivity index (χ4v) is 5.62. The van der Waals surface area contributed by atoms with Crippen LogP contribution >= 0.6 is 0 Å². The van der Waals surface area contributed by atoms with Gasteiger partial charge in [-0.05, 0) is 86.7 Å². The van der Waals surface area contributed by atoms with Crippen molar-refractivity contribution >= 4 is 35.1 Å². The molecule has 0 spiro atoms. The number of benzene rings is 3. The van der Waals surface area contributed by atoms with Crippen LogP contribution in [0.4, 0.5) is 22.0 Å². The smallest absolute Gasteiger partial charge is 0.410 e. The van der Waals surface area contributed by atoms with Gasteiger partial charge in [-0.15, -0.1) is 0 Å². The van der Waals surface area contributed by atoms with E-state index in [1.54, 1.807) is 47.3 Å². The number of piperazine rings is 1. The Morgan fingerprint density at radius 3 is 2.00 bits per heavy atom. The van der Waals surface area contributed by atoms with Crippen molar-refractivity contribution in [3.8, 4) is 11.3 Å². The average Bonchev–Trinajstić information content (AvgIpc) is 3.06. The lowest BCUT2D eigenvalue weighted by Crippen LogP contribution is -2.51.